The summed E-state index contributed by atoms with van der Waals surface area (Å²) in [4.78, 5) is 15.4. The van der Waals surface area contributed by atoms with Crippen LogP contribution >= 0.6 is 12.2 Å². The second-order valence-corrected chi connectivity index (χ2v) is 4.63. The summed E-state index contributed by atoms with van der Waals surface area (Å²) < 4.78 is 7.31. The van der Waals surface area contributed by atoms with Gasteiger partial charge < -0.3 is 9.72 Å². The van der Waals surface area contributed by atoms with Gasteiger partial charge in [0.05, 0.1) is 18.0 Å². The fourth-order valence-electron chi connectivity index (χ4n) is 2.00. The average molecular weight is 248 g/mol. The van der Waals surface area contributed by atoms with Gasteiger partial charge in [-0.1, -0.05) is 0 Å². The van der Waals surface area contributed by atoms with Crippen LogP contribution in [0.4, 0.5) is 0 Å². The van der Waals surface area contributed by atoms with E-state index in [0.29, 0.717) is 15.9 Å². The van der Waals surface area contributed by atoms with Crippen molar-refractivity contribution in [1.82, 2.24) is 9.55 Å². The molecule has 1 aromatic heterocycles. The smallest absolute Gasteiger partial charge is 0.262 e. The lowest BCUT2D eigenvalue weighted by molar-refractivity contribution is 0.415. The molecule has 17 heavy (non-hydrogen) atoms. The summed E-state index contributed by atoms with van der Waals surface area (Å²) in [5, 5.41) is 0.659. The molecular weight excluding hydrogens is 236 g/mol. The molecule has 0 amide bonds. The molecule has 0 atom stereocenters. The van der Waals surface area contributed by atoms with Crippen molar-refractivity contribution in [2.75, 3.05) is 7.11 Å². The van der Waals surface area contributed by atoms with Gasteiger partial charge in [-0.15, -0.1) is 0 Å². The maximum atomic E-state index is 12.3. The monoisotopic (exact) mass is 248 g/mol. The van der Waals surface area contributed by atoms with Crippen LogP contribution in [-0.2, 0) is 0 Å². The number of ether oxygens (including phenoxy) is 1. The first kappa shape index (κ1) is 10.5. The molecular formula is C12H12N2O2S. The van der Waals surface area contributed by atoms with E-state index in [1.807, 2.05) is 0 Å². The molecule has 1 aliphatic carbocycles. The molecule has 0 saturated heterocycles. The number of hydrogen-bond acceptors (Lipinski definition) is 3. The Hall–Kier alpha value is -1.62. The van der Waals surface area contributed by atoms with Crippen LogP contribution in [0.15, 0.2) is 23.0 Å². The Morgan fingerprint density at radius 3 is 2.88 bits per heavy atom. The van der Waals surface area contributed by atoms with Crippen LogP contribution in [0.1, 0.15) is 18.9 Å². The molecule has 1 aromatic carbocycles. The Balaban J connectivity index is 2.35. The van der Waals surface area contributed by atoms with E-state index in [1.54, 1.807) is 29.9 Å². The minimum Gasteiger partial charge on any atom is -0.497 e. The summed E-state index contributed by atoms with van der Waals surface area (Å²) in [7, 11) is 1.60. The summed E-state index contributed by atoms with van der Waals surface area (Å²) >= 11 is 5.23. The lowest BCUT2D eigenvalue weighted by Gasteiger charge is -2.07. The number of H-pyrrole nitrogens is 1. The predicted molar refractivity (Wildman–Crippen MR) is 68.2 cm³/mol. The van der Waals surface area contributed by atoms with Crippen LogP contribution in [0, 0.1) is 4.77 Å². The molecule has 0 radical (unpaired) electrons. The highest BCUT2D eigenvalue weighted by Gasteiger charge is 2.26. The van der Waals surface area contributed by atoms with Crippen LogP contribution in [0.25, 0.3) is 10.9 Å². The van der Waals surface area contributed by atoms with Crippen molar-refractivity contribution in [1.29, 1.82) is 0 Å². The summed E-state index contributed by atoms with van der Waals surface area (Å²) in [6.45, 7) is 0. The lowest BCUT2D eigenvalue weighted by atomic mass is 10.2. The van der Waals surface area contributed by atoms with Gasteiger partial charge in [-0.05, 0) is 37.2 Å². The highest BCUT2D eigenvalue weighted by atomic mass is 32.1. The molecule has 0 aliphatic heterocycles. The van der Waals surface area contributed by atoms with Gasteiger partial charge in [0.2, 0.25) is 0 Å². The second-order valence-electron chi connectivity index (χ2n) is 4.25. The number of fused-ring (bicyclic) bond motifs is 1. The fraction of sp³-hybridized carbons (Fsp3) is 0.333. The quantitative estimate of drug-likeness (QED) is 0.830. The third kappa shape index (κ3) is 1.67. The third-order valence-electron chi connectivity index (χ3n) is 3.05. The van der Waals surface area contributed by atoms with Crippen molar-refractivity contribution in [3.05, 3.63) is 33.3 Å². The maximum Gasteiger partial charge on any atom is 0.262 e. The van der Waals surface area contributed by atoms with Gasteiger partial charge in [0, 0.05) is 12.1 Å². The number of hydrogen-bond donors (Lipinski definition) is 1. The summed E-state index contributed by atoms with van der Waals surface area (Å²) in [6, 6.07) is 5.65. The lowest BCUT2D eigenvalue weighted by Crippen LogP contribution is -2.21. The van der Waals surface area contributed by atoms with Crippen molar-refractivity contribution in [3.63, 3.8) is 0 Å². The van der Waals surface area contributed by atoms with Crippen molar-refractivity contribution in [2.45, 2.75) is 18.9 Å². The van der Waals surface area contributed by atoms with Crippen molar-refractivity contribution in [3.8, 4) is 5.75 Å². The number of nitrogens with one attached hydrogen (secondary N) is 1. The molecule has 1 saturated carbocycles. The van der Waals surface area contributed by atoms with E-state index in [1.165, 1.54) is 0 Å². The Bertz CT molecular complexity index is 698. The largest absolute Gasteiger partial charge is 0.497 e. The maximum absolute atomic E-state index is 12.3. The summed E-state index contributed by atoms with van der Waals surface area (Å²) in [5.41, 5.74) is 0.727. The topological polar surface area (TPSA) is 47.0 Å². The zero-order chi connectivity index (χ0) is 12.0. The number of aromatic amines is 1. The molecule has 88 valence electrons. The second kappa shape index (κ2) is 3.70. The van der Waals surface area contributed by atoms with Crippen LogP contribution in [0.2, 0.25) is 0 Å². The first-order valence-electron chi connectivity index (χ1n) is 5.53. The SMILES string of the molecule is COc1ccc2c(=O)n(C3CC3)c(=S)[nH]c2c1. The van der Waals surface area contributed by atoms with E-state index in [2.05, 4.69) is 4.98 Å². The number of rotatable bonds is 2. The van der Waals surface area contributed by atoms with E-state index < -0.39 is 0 Å². The number of benzene rings is 1. The summed E-state index contributed by atoms with van der Waals surface area (Å²) in [6.07, 6.45) is 2.08. The van der Waals surface area contributed by atoms with Gasteiger partial charge in [0.25, 0.3) is 5.56 Å². The number of methoxy groups -OCH3 is 1. The Morgan fingerprint density at radius 1 is 1.47 bits per heavy atom. The molecule has 0 bridgehead atoms. The van der Waals surface area contributed by atoms with Gasteiger partial charge in [-0.25, -0.2) is 0 Å². The summed E-state index contributed by atoms with van der Waals surface area (Å²) in [5.74, 6) is 0.715. The van der Waals surface area contributed by atoms with Crippen molar-refractivity contribution >= 4 is 23.1 Å². The van der Waals surface area contributed by atoms with Crippen LogP contribution < -0.4 is 10.3 Å². The molecule has 0 spiro atoms. The van der Waals surface area contributed by atoms with Crippen LogP contribution in [0.5, 0.6) is 5.75 Å². The predicted octanol–water partition coefficient (Wildman–Crippen LogP) is 2.40. The Labute approximate surface area is 103 Å². The first-order chi connectivity index (χ1) is 8.20. The van der Waals surface area contributed by atoms with E-state index >= 15 is 0 Å². The zero-order valence-corrected chi connectivity index (χ0v) is 10.2. The minimum atomic E-state index is -0.00565. The van der Waals surface area contributed by atoms with E-state index in [9.17, 15) is 4.79 Å². The molecule has 1 N–H and O–H groups in total. The molecule has 1 fully saturated rings. The molecule has 2 aromatic rings. The highest BCUT2D eigenvalue weighted by Crippen LogP contribution is 2.33. The van der Waals surface area contributed by atoms with Gasteiger partial charge in [0.1, 0.15) is 5.75 Å². The Morgan fingerprint density at radius 2 is 2.24 bits per heavy atom. The van der Waals surface area contributed by atoms with Crippen LogP contribution in [0.3, 0.4) is 0 Å². The average Bonchev–Trinajstić information content (AvgIpc) is 3.12. The van der Waals surface area contributed by atoms with Gasteiger partial charge in [0.15, 0.2) is 4.77 Å². The molecule has 1 heterocycles. The standard InChI is InChI=1S/C12H12N2O2S/c1-16-8-4-5-9-10(6-8)13-12(17)14(11(9)15)7-2-3-7/h4-7H,2-3H2,1H3,(H,13,17). The molecule has 5 heteroatoms. The van der Waals surface area contributed by atoms with Gasteiger partial charge >= 0.3 is 0 Å². The van der Waals surface area contributed by atoms with Gasteiger partial charge in [-0.3, -0.25) is 9.36 Å². The van der Waals surface area contributed by atoms with E-state index in [-0.39, 0.29) is 11.6 Å². The van der Waals surface area contributed by atoms with Gasteiger partial charge in [-0.2, -0.15) is 0 Å². The van der Waals surface area contributed by atoms with E-state index in [0.717, 1.165) is 18.4 Å². The molecule has 4 nitrogen and oxygen atoms in total. The van der Waals surface area contributed by atoms with E-state index in [4.69, 9.17) is 17.0 Å². The minimum absolute atomic E-state index is 0.00565. The zero-order valence-electron chi connectivity index (χ0n) is 9.40. The Kier molecular flexibility index (Phi) is 2.29. The van der Waals surface area contributed by atoms with Crippen molar-refractivity contribution in [2.24, 2.45) is 0 Å². The van der Waals surface area contributed by atoms with Crippen molar-refractivity contribution < 1.29 is 4.74 Å². The molecule has 0 unspecified atom stereocenters. The fourth-order valence-corrected chi connectivity index (χ4v) is 2.34. The molecule has 1 aliphatic rings. The molecule has 3 rings (SSSR count). The highest BCUT2D eigenvalue weighted by molar-refractivity contribution is 7.71. The normalized spacial score (nSPS) is 15.1. The van der Waals surface area contributed by atoms with Crippen LogP contribution in [-0.4, -0.2) is 16.7 Å². The first-order valence-corrected chi connectivity index (χ1v) is 5.94. The number of aromatic nitrogens is 2. The number of nitrogens with zero attached hydrogens (tertiary/aromatic N) is 1. The third-order valence-corrected chi connectivity index (χ3v) is 3.35.